The number of anilines is 2. The van der Waals surface area contributed by atoms with Crippen molar-refractivity contribution in [2.75, 3.05) is 5.32 Å². The van der Waals surface area contributed by atoms with Crippen LogP contribution in [0.4, 0.5) is 11.4 Å². The summed E-state index contributed by atoms with van der Waals surface area (Å²) in [4.78, 5) is 5.20. The summed E-state index contributed by atoms with van der Waals surface area (Å²) in [7, 11) is 0. The highest BCUT2D eigenvalue weighted by Gasteiger charge is 2.25. The zero-order valence-corrected chi connectivity index (χ0v) is 30.6. The molecule has 0 bridgehead atoms. The minimum Gasteiger partial charge on any atom is -0.355 e. The van der Waals surface area contributed by atoms with Gasteiger partial charge in [0.15, 0.2) is 0 Å². The first-order chi connectivity index (χ1) is 25.7. The van der Waals surface area contributed by atoms with Crippen molar-refractivity contribution in [3.05, 3.63) is 192 Å². The Kier molecular flexibility index (Phi) is 8.90. The van der Waals surface area contributed by atoms with Crippen molar-refractivity contribution in [3.63, 3.8) is 0 Å². The van der Waals surface area contributed by atoms with Crippen LogP contribution in [-0.4, -0.2) is 0 Å². The summed E-state index contributed by atoms with van der Waals surface area (Å²) in [5.41, 5.74) is 14.7. The first kappa shape index (κ1) is 32.4. The molecule has 1 heterocycles. The van der Waals surface area contributed by atoms with Crippen LogP contribution < -0.4 is 5.32 Å². The zero-order valence-electron chi connectivity index (χ0n) is 28.9. The van der Waals surface area contributed by atoms with Gasteiger partial charge in [0.2, 0.25) is 0 Å². The molecule has 1 nitrogen and oxygen atoms in total. The average molecular weight is 704 g/mol. The number of fused-ring (bicyclic) bond motifs is 5. The van der Waals surface area contributed by atoms with E-state index in [4.69, 9.17) is 0 Å². The molecule has 0 spiro atoms. The van der Waals surface area contributed by atoms with Crippen molar-refractivity contribution in [2.24, 2.45) is 5.92 Å². The molecule has 0 saturated heterocycles. The van der Waals surface area contributed by atoms with Crippen LogP contribution in [0.2, 0.25) is 0 Å². The van der Waals surface area contributed by atoms with Gasteiger partial charge in [-0.1, -0.05) is 176 Å². The van der Waals surface area contributed by atoms with E-state index >= 15 is 0 Å². The molecule has 3 heteroatoms. The van der Waals surface area contributed by atoms with Crippen LogP contribution in [0, 0.1) is 5.92 Å². The molecular formula is C49H37NS2. The van der Waals surface area contributed by atoms with Gasteiger partial charge in [-0.15, -0.1) is 0 Å². The topological polar surface area (TPSA) is 12.0 Å². The Morgan fingerprint density at radius 2 is 1.10 bits per heavy atom. The minimum atomic E-state index is 0.479. The van der Waals surface area contributed by atoms with Gasteiger partial charge in [0.25, 0.3) is 0 Å². The lowest BCUT2D eigenvalue weighted by Gasteiger charge is -2.26. The molecule has 7 aromatic carbocycles. The monoisotopic (exact) mass is 703 g/mol. The fraction of sp³-hybridized carbons (Fsp3) is 0.0612. The first-order valence-corrected chi connectivity index (χ1v) is 19.5. The molecule has 9 rings (SSSR count). The Bertz CT molecular complexity index is 2460. The van der Waals surface area contributed by atoms with Gasteiger partial charge in [-0.2, -0.15) is 0 Å². The summed E-state index contributed by atoms with van der Waals surface area (Å²) in [6, 6.07) is 61.7. The first-order valence-electron chi connectivity index (χ1n) is 17.9. The van der Waals surface area contributed by atoms with Crippen LogP contribution in [0.5, 0.6) is 0 Å². The van der Waals surface area contributed by atoms with Gasteiger partial charge in [0.05, 0.1) is 0 Å². The Morgan fingerprint density at radius 3 is 1.88 bits per heavy atom. The number of benzene rings is 7. The highest BCUT2D eigenvalue weighted by Crippen LogP contribution is 2.52. The highest BCUT2D eigenvalue weighted by atomic mass is 32.2. The van der Waals surface area contributed by atoms with E-state index in [2.05, 4.69) is 194 Å². The Hall–Kier alpha value is -5.48. The molecule has 0 amide bonds. The van der Waals surface area contributed by atoms with Crippen molar-refractivity contribution >= 4 is 40.5 Å². The van der Waals surface area contributed by atoms with Gasteiger partial charge < -0.3 is 5.32 Å². The maximum Gasteiger partial charge on any atom is 0.0464 e. The number of para-hydroxylation sites is 1. The number of thioether (sulfide) groups is 1. The molecule has 7 aromatic rings. The maximum absolute atomic E-state index is 3.68. The van der Waals surface area contributed by atoms with Crippen molar-refractivity contribution in [1.82, 2.24) is 0 Å². The molecule has 250 valence electrons. The summed E-state index contributed by atoms with van der Waals surface area (Å²) in [6.45, 7) is 2.33. The molecule has 0 fully saturated rings. The average Bonchev–Trinajstić information content (AvgIpc) is 3.20. The van der Waals surface area contributed by atoms with Crippen LogP contribution in [0.15, 0.2) is 202 Å². The van der Waals surface area contributed by atoms with Gasteiger partial charge in [-0.05, 0) is 98.8 Å². The molecule has 0 aromatic heterocycles. The number of hydrogen-bond donors (Lipinski definition) is 1. The molecule has 2 aliphatic rings. The second kappa shape index (κ2) is 14.3. The molecule has 52 heavy (non-hydrogen) atoms. The molecule has 1 atom stereocenters. The zero-order chi connectivity index (χ0) is 34.9. The molecule has 1 aliphatic carbocycles. The summed E-state index contributed by atoms with van der Waals surface area (Å²) < 4.78 is 0. The summed E-state index contributed by atoms with van der Waals surface area (Å²) in [6.07, 6.45) is 5.75. The Balaban J connectivity index is 1.24. The van der Waals surface area contributed by atoms with E-state index in [-0.39, 0.29) is 0 Å². The van der Waals surface area contributed by atoms with Crippen molar-refractivity contribution < 1.29 is 0 Å². The van der Waals surface area contributed by atoms with E-state index < -0.39 is 0 Å². The smallest absolute Gasteiger partial charge is 0.0464 e. The summed E-state index contributed by atoms with van der Waals surface area (Å²) in [5.74, 6) is 0.479. The van der Waals surface area contributed by atoms with E-state index in [1.807, 2.05) is 23.5 Å². The third-order valence-electron chi connectivity index (χ3n) is 9.91. The number of nitrogens with one attached hydrogen (secondary N) is 1. The predicted molar refractivity (Wildman–Crippen MR) is 224 cm³/mol. The maximum atomic E-state index is 3.68. The molecule has 0 radical (unpaired) electrons. The molecule has 1 unspecified atom stereocenters. The fourth-order valence-corrected chi connectivity index (χ4v) is 9.72. The SMILES string of the molecule is CC1C=CC2=C(C1)c1cccc(-c3ccccc3)c1Sc1cc(-c3ccc(Nc4ccccc4)c(-c4ccccc4)c3)ccc1-c1ccccc1S2. The van der Waals surface area contributed by atoms with E-state index in [0.29, 0.717) is 5.92 Å². The standard InChI is InChI=1S/C49H37NS2/c1-33-24-29-47-44(30-33)42-22-13-21-39(34-14-5-2-6-15-34)49(42)52-48-32-37(25-27-41(48)40-20-11-12-23-46(40)51-47)36-26-28-45(50-38-18-9-4-10-19-38)43(31-36)35-16-7-3-8-17-35/h2-29,31-33,50H,30H2,1H3. The van der Waals surface area contributed by atoms with Crippen molar-refractivity contribution in [3.8, 4) is 44.5 Å². The lowest BCUT2D eigenvalue weighted by molar-refractivity contribution is 0.746. The van der Waals surface area contributed by atoms with E-state index in [1.54, 1.807) is 0 Å². The van der Waals surface area contributed by atoms with Crippen LogP contribution >= 0.6 is 23.5 Å². The van der Waals surface area contributed by atoms with Crippen LogP contribution in [-0.2, 0) is 0 Å². The molecule has 1 N–H and O–H groups in total. The molecule has 0 saturated carbocycles. The molecule has 1 aliphatic heterocycles. The van der Waals surface area contributed by atoms with E-state index in [1.165, 1.54) is 75.2 Å². The largest absolute Gasteiger partial charge is 0.355 e. The van der Waals surface area contributed by atoms with Gasteiger partial charge in [0, 0.05) is 36.5 Å². The normalized spacial score (nSPS) is 14.8. The molecular weight excluding hydrogens is 667 g/mol. The van der Waals surface area contributed by atoms with Crippen molar-refractivity contribution in [1.29, 1.82) is 0 Å². The van der Waals surface area contributed by atoms with Crippen LogP contribution in [0.25, 0.3) is 50.1 Å². The Labute approximate surface area is 315 Å². The second-order valence-electron chi connectivity index (χ2n) is 13.5. The van der Waals surface area contributed by atoms with Crippen LogP contribution in [0.1, 0.15) is 18.9 Å². The fourth-order valence-electron chi connectivity index (χ4n) is 7.29. The Morgan fingerprint density at radius 1 is 0.481 bits per heavy atom. The van der Waals surface area contributed by atoms with E-state index in [9.17, 15) is 0 Å². The van der Waals surface area contributed by atoms with Gasteiger partial charge in [0.1, 0.15) is 0 Å². The highest BCUT2D eigenvalue weighted by molar-refractivity contribution is 8.03. The number of rotatable bonds is 5. The van der Waals surface area contributed by atoms with Gasteiger partial charge >= 0.3 is 0 Å². The lowest BCUT2D eigenvalue weighted by atomic mass is 9.89. The quantitative estimate of drug-likeness (QED) is 0.192. The van der Waals surface area contributed by atoms with Gasteiger partial charge in [-0.25, -0.2) is 0 Å². The van der Waals surface area contributed by atoms with Gasteiger partial charge in [-0.3, -0.25) is 0 Å². The third kappa shape index (κ3) is 6.43. The third-order valence-corrected chi connectivity index (χ3v) is 12.3. The summed E-state index contributed by atoms with van der Waals surface area (Å²) >= 11 is 3.82. The lowest BCUT2D eigenvalue weighted by Crippen LogP contribution is -2.04. The van der Waals surface area contributed by atoms with Crippen molar-refractivity contribution in [2.45, 2.75) is 28.0 Å². The number of hydrogen-bond acceptors (Lipinski definition) is 3. The van der Waals surface area contributed by atoms with Crippen LogP contribution in [0.3, 0.4) is 0 Å². The van der Waals surface area contributed by atoms with E-state index in [0.717, 1.165) is 17.8 Å². The predicted octanol–water partition coefficient (Wildman–Crippen LogP) is 14.7. The second-order valence-corrected chi connectivity index (χ2v) is 15.6. The summed E-state index contributed by atoms with van der Waals surface area (Å²) in [5, 5.41) is 3.68. The number of allylic oxidation sites excluding steroid dienone is 3. The minimum absolute atomic E-state index is 0.479.